The Morgan fingerprint density at radius 2 is 1.54 bits per heavy atom. The predicted octanol–water partition coefficient (Wildman–Crippen LogP) is 5.80. The van der Waals surface area contributed by atoms with E-state index < -0.39 is 11.9 Å². The maximum atomic E-state index is 14.0. The highest BCUT2D eigenvalue weighted by molar-refractivity contribution is 9.10. The van der Waals surface area contributed by atoms with Crippen LogP contribution in [0.4, 0.5) is 0 Å². The number of hydrogen-bond acceptors (Lipinski definition) is 8. The molecule has 2 aromatic rings. The van der Waals surface area contributed by atoms with Gasteiger partial charge in [0.25, 0.3) is 0 Å². The number of benzene rings is 2. The zero-order valence-corrected chi connectivity index (χ0v) is 24.9. The van der Waals surface area contributed by atoms with Crippen LogP contribution in [-0.2, 0) is 14.3 Å². The maximum Gasteiger partial charge on any atom is 0.337 e. The van der Waals surface area contributed by atoms with E-state index in [0.717, 1.165) is 16.8 Å². The lowest BCUT2D eigenvalue weighted by molar-refractivity contribution is -0.143. The standard InChI is InChI=1S/C30H34BrNO7/c1-15(2)39-30(34)27-16(3)32-21-10-18(17-8-9-23(35-4)24(12-17)36-5)11-22(33)29(21)28(27)19-13-25(37-6)26(38-7)14-20(19)31/h8-9,12-15,18,28,32H,10-11H2,1-7H3/t18-,28-/m0/s1. The number of ketones is 1. The molecule has 0 saturated carbocycles. The second-order valence-corrected chi connectivity index (χ2v) is 10.7. The zero-order chi connectivity index (χ0) is 28.4. The molecular weight excluding hydrogens is 566 g/mol. The maximum absolute atomic E-state index is 14.0. The van der Waals surface area contributed by atoms with E-state index in [-0.39, 0.29) is 24.2 Å². The number of dihydropyridines is 1. The van der Waals surface area contributed by atoms with Gasteiger partial charge in [0.1, 0.15) is 0 Å². The van der Waals surface area contributed by atoms with Gasteiger partial charge in [0.05, 0.1) is 40.1 Å². The highest BCUT2D eigenvalue weighted by atomic mass is 79.9. The molecule has 0 amide bonds. The van der Waals surface area contributed by atoms with E-state index in [0.29, 0.717) is 50.7 Å². The fraction of sp³-hybridized carbons (Fsp3) is 0.400. The summed E-state index contributed by atoms with van der Waals surface area (Å²) >= 11 is 3.66. The first-order valence-electron chi connectivity index (χ1n) is 12.7. The molecule has 0 radical (unpaired) electrons. The Hall–Kier alpha value is -3.46. The summed E-state index contributed by atoms with van der Waals surface area (Å²) in [6.07, 6.45) is 0.546. The van der Waals surface area contributed by atoms with E-state index >= 15 is 0 Å². The van der Waals surface area contributed by atoms with E-state index in [4.69, 9.17) is 23.7 Å². The molecule has 0 bridgehead atoms. The molecule has 0 unspecified atom stereocenters. The van der Waals surface area contributed by atoms with Gasteiger partial charge in [-0.25, -0.2) is 4.79 Å². The SMILES string of the molecule is COc1ccc([C@@H]2CC(=O)C3=C(C2)NC(C)=C(C(=O)OC(C)C)[C@@H]3c2cc(OC)c(OC)cc2Br)cc1OC. The molecule has 1 heterocycles. The van der Waals surface area contributed by atoms with Crippen LogP contribution in [0, 0.1) is 0 Å². The first-order chi connectivity index (χ1) is 18.6. The van der Waals surface area contributed by atoms with Crippen LogP contribution >= 0.6 is 15.9 Å². The summed E-state index contributed by atoms with van der Waals surface area (Å²) in [6, 6.07) is 9.33. The number of Topliss-reactive ketones (excluding diaryl/α,β-unsaturated/α-hetero) is 1. The number of allylic oxidation sites excluding steroid dienone is 3. The summed E-state index contributed by atoms with van der Waals surface area (Å²) in [7, 11) is 6.30. The Bertz CT molecular complexity index is 1360. The van der Waals surface area contributed by atoms with Crippen LogP contribution in [0.15, 0.2) is 57.3 Å². The molecule has 0 spiro atoms. The van der Waals surface area contributed by atoms with Crippen LogP contribution in [0.1, 0.15) is 56.6 Å². The molecule has 208 valence electrons. The van der Waals surface area contributed by atoms with Crippen LogP contribution < -0.4 is 24.3 Å². The molecule has 1 N–H and O–H groups in total. The number of rotatable bonds is 8. The topological polar surface area (TPSA) is 92.3 Å². The molecule has 2 aliphatic rings. The molecule has 2 atom stereocenters. The summed E-state index contributed by atoms with van der Waals surface area (Å²) in [5.41, 5.74) is 4.08. The molecule has 9 heteroatoms. The minimum absolute atomic E-state index is 0.0439. The predicted molar refractivity (Wildman–Crippen MR) is 151 cm³/mol. The molecule has 8 nitrogen and oxygen atoms in total. The quantitative estimate of drug-likeness (QED) is 0.381. The molecule has 0 aromatic heterocycles. The molecule has 2 aromatic carbocycles. The van der Waals surface area contributed by atoms with Crippen molar-refractivity contribution in [3.8, 4) is 23.0 Å². The molecule has 1 aliphatic heterocycles. The summed E-state index contributed by atoms with van der Waals surface area (Å²) in [4.78, 5) is 27.4. The fourth-order valence-corrected chi connectivity index (χ4v) is 5.88. The van der Waals surface area contributed by atoms with Crippen LogP contribution in [0.25, 0.3) is 0 Å². The van der Waals surface area contributed by atoms with Gasteiger partial charge in [-0.05, 0) is 68.5 Å². The highest BCUT2D eigenvalue weighted by Crippen LogP contribution is 2.49. The third kappa shape index (κ3) is 5.50. The first-order valence-corrected chi connectivity index (χ1v) is 13.5. The largest absolute Gasteiger partial charge is 0.493 e. The lowest BCUT2D eigenvalue weighted by Crippen LogP contribution is -2.36. The minimum Gasteiger partial charge on any atom is -0.493 e. The van der Waals surface area contributed by atoms with Gasteiger partial charge in [-0.2, -0.15) is 0 Å². The Morgan fingerprint density at radius 1 is 0.923 bits per heavy atom. The molecule has 0 fully saturated rings. The number of esters is 1. The van der Waals surface area contributed by atoms with Gasteiger partial charge in [-0.3, -0.25) is 4.79 Å². The number of methoxy groups -OCH3 is 4. The highest BCUT2D eigenvalue weighted by Gasteiger charge is 2.42. The second kappa shape index (κ2) is 11.7. The normalized spacial score (nSPS) is 18.9. The summed E-state index contributed by atoms with van der Waals surface area (Å²) < 4.78 is 28.2. The van der Waals surface area contributed by atoms with Crippen molar-refractivity contribution in [3.05, 3.63) is 68.5 Å². The third-order valence-electron chi connectivity index (χ3n) is 7.08. The Kier molecular flexibility index (Phi) is 8.59. The fourth-order valence-electron chi connectivity index (χ4n) is 5.33. The summed E-state index contributed by atoms with van der Waals surface area (Å²) in [5.74, 6) is 1.03. The van der Waals surface area contributed by atoms with Crippen LogP contribution in [0.5, 0.6) is 23.0 Å². The second-order valence-electron chi connectivity index (χ2n) is 9.81. The van der Waals surface area contributed by atoms with E-state index in [2.05, 4.69) is 21.2 Å². The van der Waals surface area contributed by atoms with Crippen molar-refractivity contribution in [2.45, 2.75) is 51.6 Å². The number of carbonyl (C=O) groups excluding carboxylic acids is 2. The molecule has 1 aliphatic carbocycles. The first kappa shape index (κ1) is 28.5. The van der Waals surface area contributed by atoms with Gasteiger partial charge in [0.15, 0.2) is 28.8 Å². The average molecular weight is 601 g/mol. The van der Waals surface area contributed by atoms with E-state index in [1.54, 1.807) is 48.4 Å². The van der Waals surface area contributed by atoms with Crippen LogP contribution in [0.3, 0.4) is 0 Å². The summed E-state index contributed by atoms with van der Waals surface area (Å²) in [5, 5.41) is 3.38. The number of nitrogens with one attached hydrogen (secondary N) is 1. The van der Waals surface area contributed by atoms with Crippen molar-refractivity contribution in [2.75, 3.05) is 28.4 Å². The van der Waals surface area contributed by atoms with Gasteiger partial charge in [0.2, 0.25) is 0 Å². The van der Waals surface area contributed by atoms with E-state index in [9.17, 15) is 9.59 Å². The molecule has 4 rings (SSSR count). The average Bonchev–Trinajstić information content (AvgIpc) is 2.91. The number of hydrogen-bond donors (Lipinski definition) is 1. The smallest absolute Gasteiger partial charge is 0.337 e. The molecule has 39 heavy (non-hydrogen) atoms. The van der Waals surface area contributed by atoms with Gasteiger partial charge in [0, 0.05) is 33.8 Å². The van der Waals surface area contributed by atoms with Gasteiger partial charge >= 0.3 is 5.97 Å². The Labute approximate surface area is 237 Å². The Morgan fingerprint density at radius 3 is 2.15 bits per heavy atom. The number of halogens is 1. The molecule has 0 saturated heterocycles. The minimum atomic E-state index is -0.652. The van der Waals surface area contributed by atoms with Gasteiger partial charge < -0.3 is 29.0 Å². The Balaban J connectivity index is 1.85. The van der Waals surface area contributed by atoms with Gasteiger partial charge in [-0.15, -0.1) is 0 Å². The van der Waals surface area contributed by atoms with Crippen LogP contribution in [-0.4, -0.2) is 46.3 Å². The van der Waals surface area contributed by atoms with Crippen molar-refractivity contribution in [3.63, 3.8) is 0 Å². The number of carbonyl (C=O) groups is 2. The van der Waals surface area contributed by atoms with Crippen molar-refractivity contribution in [1.29, 1.82) is 0 Å². The lowest BCUT2D eigenvalue weighted by Gasteiger charge is -2.37. The third-order valence-corrected chi connectivity index (χ3v) is 7.77. The molecular formula is C30H34BrNO7. The van der Waals surface area contributed by atoms with Crippen molar-refractivity contribution in [1.82, 2.24) is 5.32 Å². The number of ether oxygens (including phenoxy) is 5. The van der Waals surface area contributed by atoms with Crippen LogP contribution in [0.2, 0.25) is 0 Å². The monoisotopic (exact) mass is 599 g/mol. The van der Waals surface area contributed by atoms with Crippen molar-refractivity contribution < 1.29 is 33.3 Å². The van der Waals surface area contributed by atoms with Crippen molar-refractivity contribution in [2.24, 2.45) is 0 Å². The zero-order valence-electron chi connectivity index (χ0n) is 23.3. The van der Waals surface area contributed by atoms with Gasteiger partial charge in [-0.1, -0.05) is 22.0 Å². The lowest BCUT2D eigenvalue weighted by atomic mass is 9.71. The van der Waals surface area contributed by atoms with Crippen molar-refractivity contribution >= 4 is 27.7 Å². The summed E-state index contributed by atoms with van der Waals surface area (Å²) in [6.45, 7) is 5.44. The van der Waals surface area contributed by atoms with E-state index in [1.165, 1.54) is 0 Å². The van der Waals surface area contributed by atoms with E-state index in [1.807, 2.05) is 31.2 Å².